The van der Waals surface area contributed by atoms with Crippen LogP contribution < -0.4 is 9.64 Å². The molecule has 2 nitrogen and oxygen atoms in total. The fraction of sp³-hybridized carbons (Fsp3) is 0.294. The Morgan fingerprint density at radius 2 is 1.75 bits per heavy atom. The molecule has 0 N–H and O–H groups in total. The molecule has 0 atom stereocenters. The van der Waals surface area contributed by atoms with Gasteiger partial charge in [-0.05, 0) is 36.6 Å². The molecule has 0 aliphatic carbocycles. The summed E-state index contributed by atoms with van der Waals surface area (Å²) in [5, 5.41) is 0.685. The Kier molecular flexibility index (Phi) is 4.12. The minimum absolute atomic E-state index is 0.545. The van der Waals surface area contributed by atoms with Crippen LogP contribution in [-0.2, 0) is 6.61 Å². The van der Waals surface area contributed by atoms with Gasteiger partial charge in [0.15, 0.2) is 0 Å². The molecule has 0 saturated carbocycles. The van der Waals surface area contributed by atoms with E-state index in [-0.39, 0.29) is 0 Å². The Morgan fingerprint density at radius 1 is 1.00 bits per heavy atom. The number of halogens is 1. The smallest absolute Gasteiger partial charge is 0.138 e. The van der Waals surface area contributed by atoms with Gasteiger partial charge in [-0.1, -0.05) is 41.9 Å². The normalized spacial score (nSPS) is 14.6. The highest BCUT2D eigenvalue weighted by atomic mass is 35.5. The molecule has 1 aliphatic rings. The molecule has 2 aromatic rings. The Labute approximate surface area is 124 Å². The molecule has 0 radical (unpaired) electrons. The lowest BCUT2D eigenvalue weighted by Crippen LogP contribution is -2.17. The lowest BCUT2D eigenvalue weighted by molar-refractivity contribution is 0.306. The SMILES string of the molecule is Clc1cc(N2CCCC2)ccc1OCc1ccccc1. The molecule has 3 heteroatoms. The fourth-order valence-electron chi connectivity index (χ4n) is 2.51. The summed E-state index contributed by atoms with van der Waals surface area (Å²) in [5.74, 6) is 0.749. The minimum atomic E-state index is 0.545. The van der Waals surface area contributed by atoms with Gasteiger partial charge in [0.1, 0.15) is 12.4 Å². The average Bonchev–Trinajstić information content (AvgIpc) is 3.01. The van der Waals surface area contributed by atoms with Crippen molar-refractivity contribution in [2.24, 2.45) is 0 Å². The van der Waals surface area contributed by atoms with Gasteiger partial charge in [-0.2, -0.15) is 0 Å². The van der Waals surface area contributed by atoms with E-state index in [0.29, 0.717) is 11.6 Å². The van der Waals surface area contributed by atoms with E-state index < -0.39 is 0 Å². The number of anilines is 1. The number of rotatable bonds is 4. The molecular formula is C17H18ClNO. The van der Waals surface area contributed by atoms with Gasteiger partial charge in [0.2, 0.25) is 0 Å². The van der Waals surface area contributed by atoms with Gasteiger partial charge in [-0.25, -0.2) is 0 Å². The maximum Gasteiger partial charge on any atom is 0.138 e. The molecule has 0 spiro atoms. The van der Waals surface area contributed by atoms with Gasteiger partial charge in [0.25, 0.3) is 0 Å². The van der Waals surface area contributed by atoms with E-state index in [1.54, 1.807) is 0 Å². The van der Waals surface area contributed by atoms with Gasteiger partial charge >= 0.3 is 0 Å². The van der Waals surface area contributed by atoms with Crippen LogP contribution in [0.25, 0.3) is 0 Å². The van der Waals surface area contributed by atoms with Gasteiger partial charge in [0.05, 0.1) is 5.02 Å². The van der Waals surface area contributed by atoms with Gasteiger partial charge < -0.3 is 9.64 Å². The maximum atomic E-state index is 6.32. The van der Waals surface area contributed by atoms with E-state index in [0.717, 1.165) is 24.4 Å². The predicted molar refractivity (Wildman–Crippen MR) is 83.7 cm³/mol. The summed E-state index contributed by atoms with van der Waals surface area (Å²) in [6.45, 7) is 2.80. The molecule has 1 fully saturated rings. The van der Waals surface area contributed by atoms with E-state index in [1.807, 2.05) is 42.5 Å². The molecule has 0 amide bonds. The van der Waals surface area contributed by atoms with Crippen molar-refractivity contribution in [3.05, 3.63) is 59.1 Å². The quantitative estimate of drug-likeness (QED) is 0.820. The molecular weight excluding hydrogens is 270 g/mol. The van der Waals surface area contributed by atoms with Gasteiger partial charge in [0, 0.05) is 18.8 Å². The third kappa shape index (κ3) is 3.07. The van der Waals surface area contributed by atoms with Crippen LogP contribution in [0.3, 0.4) is 0 Å². The summed E-state index contributed by atoms with van der Waals surface area (Å²) >= 11 is 6.32. The standard InChI is InChI=1S/C17H18ClNO/c18-16-12-15(19-10-4-5-11-19)8-9-17(16)20-13-14-6-2-1-3-7-14/h1-3,6-9,12H,4-5,10-11,13H2. The highest BCUT2D eigenvalue weighted by Crippen LogP contribution is 2.31. The first-order valence-electron chi connectivity index (χ1n) is 7.04. The lowest BCUT2D eigenvalue weighted by Gasteiger charge is -2.18. The Bertz CT molecular complexity index is 564. The highest BCUT2D eigenvalue weighted by Gasteiger charge is 2.13. The molecule has 20 heavy (non-hydrogen) atoms. The third-order valence-electron chi connectivity index (χ3n) is 3.62. The van der Waals surface area contributed by atoms with Crippen LogP contribution in [0, 0.1) is 0 Å². The molecule has 0 unspecified atom stereocenters. The molecule has 2 aromatic carbocycles. The number of hydrogen-bond donors (Lipinski definition) is 0. The summed E-state index contributed by atoms with van der Waals surface area (Å²) in [4.78, 5) is 2.37. The summed E-state index contributed by atoms with van der Waals surface area (Å²) in [7, 11) is 0. The topological polar surface area (TPSA) is 12.5 Å². The zero-order chi connectivity index (χ0) is 13.8. The lowest BCUT2D eigenvalue weighted by atomic mass is 10.2. The first kappa shape index (κ1) is 13.3. The number of hydrogen-bond acceptors (Lipinski definition) is 2. The van der Waals surface area contributed by atoms with Crippen LogP contribution in [0.4, 0.5) is 5.69 Å². The largest absolute Gasteiger partial charge is 0.487 e. The van der Waals surface area contributed by atoms with Crippen molar-refractivity contribution in [1.29, 1.82) is 0 Å². The molecule has 1 aliphatic heterocycles. The first-order valence-corrected chi connectivity index (χ1v) is 7.42. The monoisotopic (exact) mass is 287 g/mol. The van der Waals surface area contributed by atoms with Crippen LogP contribution in [-0.4, -0.2) is 13.1 Å². The maximum absolute atomic E-state index is 6.32. The van der Waals surface area contributed by atoms with Crippen molar-refractivity contribution in [1.82, 2.24) is 0 Å². The summed E-state index contributed by atoms with van der Waals surface area (Å²) in [6.07, 6.45) is 2.54. The first-order chi connectivity index (χ1) is 9.83. The van der Waals surface area contributed by atoms with Gasteiger partial charge in [-0.15, -0.1) is 0 Å². The summed E-state index contributed by atoms with van der Waals surface area (Å²) in [6, 6.07) is 16.2. The number of benzene rings is 2. The molecule has 0 aromatic heterocycles. The second kappa shape index (κ2) is 6.19. The van der Waals surface area contributed by atoms with Crippen molar-refractivity contribution >= 4 is 17.3 Å². The predicted octanol–water partition coefficient (Wildman–Crippen LogP) is 4.52. The van der Waals surface area contributed by atoms with Crippen LogP contribution in [0.15, 0.2) is 48.5 Å². The van der Waals surface area contributed by atoms with E-state index in [9.17, 15) is 0 Å². The third-order valence-corrected chi connectivity index (χ3v) is 3.92. The van der Waals surface area contributed by atoms with Crippen LogP contribution in [0.5, 0.6) is 5.75 Å². The van der Waals surface area contributed by atoms with E-state index in [2.05, 4.69) is 11.0 Å². The Balaban J connectivity index is 1.68. The molecule has 3 rings (SSSR count). The summed E-state index contributed by atoms with van der Waals surface area (Å²) in [5.41, 5.74) is 2.34. The van der Waals surface area contributed by atoms with Crippen molar-refractivity contribution in [2.75, 3.05) is 18.0 Å². The number of nitrogens with zero attached hydrogens (tertiary/aromatic N) is 1. The second-order valence-corrected chi connectivity index (χ2v) is 5.49. The van der Waals surface area contributed by atoms with Crippen LogP contribution >= 0.6 is 11.6 Å². The van der Waals surface area contributed by atoms with Crippen molar-refractivity contribution in [2.45, 2.75) is 19.4 Å². The van der Waals surface area contributed by atoms with E-state index in [4.69, 9.17) is 16.3 Å². The second-order valence-electron chi connectivity index (χ2n) is 5.08. The van der Waals surface area contributed by atoms with Crippen molar-refractivity contribution < 1.29 is 4.74 Å². The zero-order valence-electron chi connectivity index (χ0n) is 11.4. The molecule has 104 valence electrons. The summed E-state index contributed by atoms with van der Waals surface area (Å²) < 4.78 is 5.79. The Morgan fingerprint density at radius 3 is 2.45 bits per heavy atom. The number of ether oxygens (including phenoxy) is 1. The van der Waals surface area contributed by atoms with Crippen molar-refractivity contribution in [3.63, 3.8) is 0 Å². The van der Waals surface area contributed by atoms with Crippen LogP contribution in [0.1, 0.15) is 18.4 Å². The Hall–Kier alpha value is -1.67. The molecule has 1 heterocycles. The van der Waals surface area contributed by atoms with Crippen LogP contribution in [0.2, 0.25) is 5.02 Å². The molecule has 1 saturated heterocycles. The highest BCUT2D eigenvalue weighted by molar-refractivity contribution is 6.32. The average molecular weight is 288 g/mol. The van der Waals surface area contributed by atoms with Gasteiger partial charge in [-0.3, -0.25) is 0 Å². The molecule has 0 bridgehead atoms. The van der Waals surface area contributed by atoms with E-state index >= 15 is 0 Å². The fourth-order valence-corrected chi connectivity index (χ4v) is 2.74. The minimum Gasteiger partial charge on any atom is -0.487 e. The van der Waals surface area contributed by atoms with Crippen molar-refractivity contribution in [3.8, 4) is 5.75 Å². The van der Waals surface area contributed by atoms with E-state index in [1.165, 1.54) is 18.5 Å². The zero-order valence-corrected chi connectivity index (χ0v) is 12.1.